The molecule has 3 heteroatoms. The molecule has 0 radical (unpaired) electrons. The SMILES string of the molecule is COC(=O)C(CN)(CC1CC2CCC1C2)C1CC1. The molecule has 0 heterocycles. The quantitative estimate of drug-likeness (QED) is 0.763. The minimum atomic E-state index is -0.357. The zero-order chi connectivity index (χ0) is 12.8. The molecule has 3 aliphatic carbocycles. The molecule has 0 spiro atoms. The lowest BCUT2D eigenvalue weighted by Gasteiger charge is -2.35. The average molecular weight is 251 g/mol. The molecule has 3 fully saturated rings. The Kier molecular flexibility index (Phi) is 3.13. The van der Waals surface area contributed by atoms with E-state index in [2.05, 4.69) is 0 Å². The number of rotatable bonds is 5. The lowest BCUT2D eigenvalue weighted by molar-refractivity contribution is -0.155. The highest BCUT2D eigenvalue weighted by atomic mass is 16.5. The largest absolute Gasteiger partial charge is 0.469 e. The molecule has 4 atom stereocenters. The molecule has 3 nitrogen and oxygen atoms in total. The van der Waals surface area contributed by atoms with Gasteiger partial charge >= 0.3 is 5.97 Å². The van der Waals surface area contributed by atoms with Crippen LogP contribution in [0.2, 0.25) is 0 Å². The molecule has 3 saturated carbocycles. The van der Waals surface area contributed by atoms with Crippen molar-refractivity contribution in [3.63, 3.8) is 0 Å². The molecule has 102 valence electrons. The van der Waals surface area contributed by atoms with E-state index in [4.69, 9.17) is 10.5 Å². The first-order valence-electron chi connectivity index (χ1n) is 7.48. The van der Waals surface area contributed by atoms with E-state index in [1.807, 2.05) is 0 Å². The molecule has 0 saturated heterocycles. The fraction of sp³-hybridized carbons (Fsp3) is 0.933. The first kappa shape index (κ1) is 12.5. The van der Waals surface area contributed by atoms with Crippen molar-refractivity contribution in [1.29, 1.82) is 0 Å². The van der Waals surface area contributed by atoms with Crippen LogP contribution in [0.1, 0.15) is 44.9 Å². The fourth-order valence-electron chi connectivity index (χ4n) is 4.68. The third-order valence-electron chi connectivity index (χ3n) is 5.83. The highest BCUT2D eigenvalue weighted by Gasteiger charge is 2.54. The summed E-state index contributed by atoms with van der Waals surface area (Å²) in [5.74, 6) is 2.98. The van der Waals surface area contributed by atoms with Crippen molar-refractivity contribution >= 4 is 5.97 Å². The maximum atomic E-state index is 12.2. The van der Waals surface area contributed by atoms with E-state index < -0.39 is 0 Å². The van der Waals surface area contributed by atoms with Crippen LogP contribution in [0.4, 0.5) is 0 Å². The lowest BCUT2D eigenvalue weighted by Crippen LogP contribution is -2.43. The molecule has 0 aliphatic heterocycles. The molecule has 2 bridgehead atoms. The normalized spacial score (nSPS) is 37.6. The molecule has 0 aromatic carbocycles. The number of esters is 1. The van der Waals surface area contributed by atoms with Gasteiger partial charge in [0.15, 0.2) is 0 Å². The minimum absolute atomic E-state index is 0.0460. The molecule has 3 aliphatic rings. The minimum Gasteiger partial charge on any atom is -0.469 e. The topological polar surface area (TPSA) is 52.3 Å². The molecule has 0 aromatic rings. The fourth-order valence-corrected chi connectivity index (χ4v) is 4.68. The Balaban J connectivity index is 1.75. The molecule has 4 unspecified atom stereocenters. The number of nitrogens with two attached hydrogens (primary N) is 1. The van der Waals surface area contributed by atoms with Crippen molar-refractivity contribution in [3.8, 4) is 0 Å². The number of ether oxygens (including phenoxy) is 1. The van der Waals surface area contributed by atoms with Crippen molar-refractivity contribution in [2.75, 3.05) is 13.7 Å². The lowest BCUT2D eigenvalue weighted by atomic mass is 9.71. The number of carbonyl (C=O) groups excluding carboxylic acids is 1. The van der Waals surface area contributed by atoms with Gasteiger partial charge in [-0.3, -0.25) is 4.79 Å². The summed E-state index contributed by atoms with van der Waals surface area (Å²) in [6, 6.07) is 0. The highest BCUT2D eigenvalue weighted by Crippen LogP contribution is 2.56. The van der Waals surface area contributed by atoms with Crippen molar-refractivity contribution in [3.05, 3.63) is 0 Å². The van der Waals surface area contributed by atoms with Gasteiger partial charge in [-0.15, -0.1) is 0 Å². The number of fused-ring (bicyclic) bond motifs is 2. The van der Waals surface area contributed by atoms with Crippen LogP contribution in [0.5, 0.6) is 0 Å². The maximum absolute atomic E-state index is 12.2. The maximum Gasteiger partial charge on any atom is 0.313 e. The average Bonchev–Trinajstić information content (AvgIpc) is 3.05. The van der Waals surface area contributed by atoms with Gasteiger partial charge in [-0.1, -0.05) is 6.42 Å². The summed E-state index contributed by atoms with van der Waals surface area (Å²) in [6.07, 6.45) is 8.83. The zero-order valence-electron chi connectivity index (χ0n) is 11.4. The molecular formula is C15H25NO2. The van der Waals surface area contributed by atoms with Gasteiger partial charge in [0.05, 0.1) is 12.5 Å². The number of hydrogen-bond acceptors (Lipinski definition) is 3. The smallest absolute Gasteiger partial charge is 0.313 e. The Morgan fingerprint density at radius 3 is 2.50 bits per heavy atom. The summed E-state index contributed by atoms with van der Waals surface area (Å²) in [5, 5.41) is 0. The first-order valence-corrected chi connectivity index (χ1v) is 7.48. The monoisotopic (exact) mass is 251 g/mol. The molecule has 0 aromatic heterocycles. The Morgan fingerprint density at radius 1 is 1.28 bits per heavy atom. The van der Waals surface area contributed by atoms with Crippen LogP contribution in [0.15, 0.2) is 0 Å². The number of hydrogen-bond donors (Lipinski definition) is 1. The Hall–Kier alpha value is -0.570. The van der Waals surface area contributed by atoms with Gasteiger partial charge < -0.3 is 10.5 Å². The molecule has 3 rings (SSSR count). The van der Waals surface area contributed by atoms with Gasteiger partial charge in [-0.25, -0.2) is 0 Å². The second kappa shape index (κ2) is 4.52. The summed E-state index contributed by atoms with van der Waals surface area (Å²) < 4.78 is 5.08. The molecular weight excluding hydrogens is 226 g/mol. The van der Waals surface area contributed by atoms with Crippen LogP contribution in [-0.4, -0.2) is 19.6 Å². The second-order valence-electron chi connectivity index (χ2n) is 6.77. The summed E-state index contributed by atoms with van der Waals surface area (Å²) in [4.78, 5) is 12.2. The number of carbonyl (C=O) groups is 1. The van der Waals surface area contributed by atoms with Crippen LogP contribution >= 0.6 is 0 Å². The van der Waals surface area contributed by atoms with Crippen molar-refractivity contribution < 1.29 is 9.53 Å². The summed E-state index contributed by atoms with van der Waals surface area (Å²) in [7, 11) is 1.51. The number of methoxy groups -OCH3 is 1. The van der Waals surface area contributed by atoms with Crippen LogP contribution in [0.25, 0.3) is 0 Å². The third-order valence-corrected chi connectivity index (χ3v) is 5.83. The van der Waals surface area contributed by atoms with Gasteiger partial charge in [0.2, 0.25) is 0 Å². The highest BCUT2D eigenvalue weighted by molar-refractivity contribution is 5.78. The van der Waals surface area contributed by atoms with E-state index in [1.54, 1.807) is 0 Å². The second-order valence-corrected chi connectivity index (χ2v) is 6.77. The van der Waals surface area contributed by atoms with Crippen molar-refractivity contribution in [2.45, 2.75) is 44.9 Å². The van der Waals surface area contributed by atoms with Crippen LogP contribution in [0.3, 0.4) is 0 Å². The van der Waals surface area contributed by atoms with Crippen molar-refractivity contribution in [2.24, 2.45) is 34.8 Å². The Morgan fingerprint density at radius 2 is 2.06 bits per heavy atom. The molecule has 18 heavy (non-hydrogen) atoms. The summed E-state index contributed by atoms with van der Waals surface area (Å²) in [5.41, 5.74) is 5.64. The summed E-state index contributed by atoms with van der Waals surface area (Å²) >= 11 is 0. The Bertz CT molecular complexity index is 339. The van der Waals surface area contributed by atoms with E-state index in [9.17, 15) is 4.79 Å². The van der Waals surface area contributed by atoms with Crippen LogP contribution in [-0.2, 0) is 9.53 Å². The Labute approximate surface area is 109 Å². The standard InChI is InChI=1S/C15H25NO2/c1-18-14(17)15(9-16,13-4-5-13)8-12-7-10-2-3-11(12)6-10/h10-13H,2-9,16H2,1H3. The third kappa shape index (κ3) is 1.87. The van der Waals surface area contributed by atoms with Gasteiger partial charge in [0.25, 0.3) is 0 Å². The van der Waals surface area contributed by atoms with Crippen LogP contribution in [0, 0.1) is 29.1 Å². The van der Waals surface area contributed by atoms with Gasteiger partial charge in [0.1, 0.15) is 0 Å². The van der Waals surface area contributed by atoms with E-state index in [-0.39, 0.29) is 11.4 Å². The van der Waals surface area contributed by atoms with Gasteiger partial charge in [0, 0.05) is 6.54 Å². The molecule has 2 N–H and O–H groups in total. The summed E-state index contributed by atoms with van der Waals surface area (Å²) in [6.45, 7) is 0.470. The van der Waals surface area contributed by atoms with E-state index in [1.165, 1.54) is 32.8 Å². The predicted molar refractivity (Wildman–Crippen MR) is 69.8 cm³/mol. The van der Waals surface area contributed by atoms with E-state index >= 15 is 0 Å². The van der Waals surface area contributed by atoms with Crippen LogP contribution < -0.4 is 5.73 Å². The molecule has 0 amide bonds. The predicted octanol–water partition coefficient (Wildman–Crippen LogP) is 2.34. The van der Waals surface area contributed by atoms with Gasteiger partial charge in [-0.2, -0.15) is 0 Å². The van der Waals surface area contributed by atoms with Gasteiger partial charge in [-0.05, 0) is 62.2 Å². The first-order chi connectivity index (χ1) is 8.69. The van der Waals surface area contributed by atoms with E-state index in [0.717, 1.165) is 37.0 Å². The zero-order valence-corrected chi connectivity index (χ0v) is 11.4. The van der Waals surface area contributed by atoms with E-state index in [0.29, 0.717) is 12.5 Å². The van der Waals surface area contributed by atoms with Crippen molar-refractivity contribution in [1.82, 2.24) is 0 Å².